The average Bonchev–Trinajstić information content (AvgIpc) is 2.50. The summed E-state index contributed by atoms with van der Waals surface area (Å²) in [6.45, 7) is 2.20. The summed E-state index contributed by atoms with van der Waals surface area (Å²) in [5, 5.41) is 2.63. The minimum absolute atomic E-state index is 0. The van der Waals surface area contributed by atoms with Gasteiger partial charge in [-0.15, -0.1) is 24.0 Å². The predicted octanol–water partition coefficient (Wildman–Crippen LogP) is 4.43. The van der Waals surface area contributed by atoms with Gasteiger partial charge < -0.3 is 11.1 Å². The van der Waals surface area contributed by atoms with Crippen LogP contribution in [0.1, 0.15) is 25.3 Å². The normalized spacial score (nSPS) is 23.1. The smallest absolute Gasteiger partial charge is 0.193 e. The molecule has 6 heteroatoms. The third kappa shape index (κ3) is 4.03. The van der Waals surface area contributed by atoms with Gasteiger partial charge in [-0.2, -0.15) is 0 Å². The van der Waals surface area contributed by atoms with E-state index in [9.17, 15) is 8.78 Å². The summed E-state index contributed by atoms with van der Waals surface area (Å²) in [7, 11) is 0. The number of guanidine groups is 1. The van der Waals surface area contributed by atoms with E-state index in [4.69, 9.17) is 5.73 Å². The molecule has 3 nitrogen and oxygen atoms in total. The van der Waals surface area contributed by atoms with Crippen LogP contribution in [0.5, 0.6) is 0 Å². The fraction of sp³-hybridized carbons (Fsp3) is 0.278. The molecule has 0 unspecified atom stereocenters. The maximum absolute atomic E-state index is 13.6. The zero-order chi connectivity index (χ0) is 16.4. The van der Waals surface area contributed by atoms with Crippen LogP contribution in [0.15, 0.2) is 53.5 Å². The fourth-order valence-corrected chi connectivity index (χ4v) is 3.11. The lowest BCUT2D eigenvalue weighted by atomic mass is 9.63. The van der Waals surface area contributed by atoms with Crippen molar-refractivity contribution in [3.63, 3.8) is 0 Å². The second kappa shape index (κ2) is 7.46. The summed E-state index contributed by atoms with van der Waals surface area (Å²) in [5.41, 5.74) is 7.19. The molecule has 1 aliphatic rings. The van der Waals surface area contributed by atoms with Crippen LogP contribution in [0.25, 0.3) is 0 Å². The summed E-state index contributed by atoms with van der Waals surface area (Å²) < 4.78 is 26.7. The highest BCUT2D eigenvalue weighted by Crippen LogP contribution is 2.44. The number of rotatable bonds is 3. The maximum Gasteiger partial charge on any atom is 0.193 e. The van der Waals surface area contributed by atoms with E-state index in [1.54, 1.807) is 0 Å². The number of nitrogens with zero attached hydrogens (tertiary/aromatic N) is 1. The minimum Gasteiger partial charge on any atom is -0.370 e. The number of hydrogen-bond donors (Lipinski definition) is 2. The van der Waals surface area contributed by atoms with Crippen LogP contribution in [0, 0.1) is 11.6 Å². The van der Waals surface area contributed by atoms with Crippen LogP contribution in [0.3, 0.4) is 0 Å². The van der Waals surface area contributed by atoms with Crippen LogP contribution >= 0.6 is 24.0 Å². The summed E-state index contributed by atoms with van der Waals surface area (Å²) in [6, 6.07) is 13.5. The molecular formula is C18H20F2IN3. The van der Waals surface area contributed by atoms with E-state index >= 15 is 0 Å². The first-order chi connectivity index (χ1) is 11.0. The van der Waals surface area contributed by atoms with Gasteiger partial charge >= 0.3 is 0 Å². The molecule has 0 saturated heterocycles. The van der Waals surface area contributed by atoms with Crippen LogP contribution in [-0.2, 0) is 5.41 Å². The van der Waals surface area contributed by atoms with E-state index < -0.39 is 11.6 Å². The van der Waals surface area contributed by atoms with Crippen molar-refractivity contribution >= 4 is 35.6 Å². The second-order valence-electron chi connectivity index (χ2n) is 6.25. The van der Waals surface area contributed by atoms with Gasteiger partial charge in [-0.3, -0.25) is 0 Å². The Morgan fingerprint density at radius 2 is 1.83 bits per heavy atom. The number of hydrogen-bond acceptors (Lipinski definition) is 1. The molecule has 2 aromatic carbocycles. The Morgan fingerprint density at radius 1 is 1.17 bits per heavy atom. The number of halogens is 3. The third-order valence-electron chi connectivity index (χ3n) is 4.36. The predicted molar refractivity (Wildman–Crippen MR) is 104 cm³/mol. The number of nitrogens with one attached hydrogen (secondary N) is 1. The minimum atomic E-state index is -0.563. The van der Waals surface area contributed by atoms with Crippen molar-refractivity contribution in [2.75, 3.05) is 5.32 Å². The van der Waals surface area contributed by atoms with E-state index in [2.05, 4.69) is 29.4 Å². The summed E-state index contributed by atoms with van der Waals surface area (Å²) in [6.07, 6.45) is 1.76. The highest BCUT2D eigenvalue weighted by Gasteiger charge is 2.41. The quantitative estimate of drug-likeness (QED) is 0.419. The topological polar surface area (TPSA) is 50.4 Å². The molecule has 128 valence electrons. The third-order valence-corrected chi connectivity index (χ3v) is 4.36. The van der Waals surface area contributed by atoms with Gasteiger partial charge in [-0.05, 0) is 36.0 Å². The molecule has 0 aromatic heterocycles. The molecule has 0 radical (unpaired) electrons. The zero-order valence-electron chi connectivity index (χ0n) is 13.3. The van der Waals surface area contributed by atoms with Crippen molar-refractivity contribution in [3.8, 4) is 0 Å². The highest BCUT2D eigenvalue weighted by molar-refractivity contribution is 14.0. The summed E-state index contributed by atoms with van der Waals surface area (Å²) in [5.74, 6) is -0.983. The molecule has 0 spiro atoms. The Labute approximate surface area is 157 Å². The van der Waals surface area contributed by atoms with E-state index in [0.717, 1.165) is 31.0 Å². The SMILES string of the molecule is CC1(c2ccccc2)CC(N=C(N)Nc2cc(F)ccc2F)C1.I. The molecule has 1 fully saturated rings. The van der Waals surface area contributed by atoms with Crippen LogP contribution in [-0.4, -0.2) is 12.0 Å². The Hall–Kier alpha value is -1.70. The first kappa shape index (κ1) is 18.6. The van der Waals surface area contributed by atoms with Crippen molar-refractivity contribution in [3.05, 3.63) is 65.7 Å². The molecule has 0 heterocycles. The van der Waals surface area contributed by atoms with Gasteiger partial charge in [-0.25, -0.2) is 13.8 Å². The van der Waals surface area contributed by atoms with Gasteiger partial charge in [0.2, 0.25) is 0 Å². The molecule has 1 saturated carbocycles. The molecule has 0 aliphatic heterocycles. The van der Waals surface area contributed by atoms with Crippen molar-refractivity contribution < 1.29 is 8.78 Å². The molecule has 3 rings (SSSR count). The fourth-order valence-electron chi connectivity index (χ4n) is 3.11. The molecule has 0 atom stereocenters. The molecule has 24 heavy (non-hydrogen) atoms. The zero-order valence-corrected chi connectivity index (χ0v) is 15.6. The summed E-state index contributed by atoms with van der Waals surface area (Å²) >= 11 is 0. The number of nitrogens with two attached hydrogens (primary N) is 1. The highest BCUT2D eigenvalue weighted by atomic mass is 127. The maximum atomic E-state index is 13.6. The van der Waals surface area contributed by atoms with Gasteiger partial charge in [0, 0.05) is 6.07 Å². The Kier molecular flexibility index (Phi) is 5.79. The standard InChI is InChI=1S/C18H19F2N3.HI/c1-18(12-5-3-2-4-6-12)10-14(11-18)22-17(21)23-16-9-13(19)7-8-15(16)20;/h2-9,14H,10-11H2,1H3,(H3,21,22,23);1H. The van der Waals surface area contributed by atoms with Gasteiger partial charge in [0.05, 0.1) is 11.7 Å². The van der Waals surface area contributed by atoms with Crippen LogP contribution in [0.4, 0.5) is 14.5 Å². The molecular weight excluding hydrogens is 423 g/mol. The Morgan fingerprint density at radius 3 is 2.50 bits per heavy atom. The largest absolute Gasteiger partial charge is 0.370 e. The number of aliphatic imine (C=N–C) groups is 1. The molecule has 0 bridgehead atoms. The van der Waals surface area contributed by atoms with Crippen molar-refractivity contribution in [1.82, 2.24) is 0 Å². The first-order valence-electron chi connectivity index (χ1n) is 7.57. The monoisotopic (exact) mass is 443 g/mol. The molecule has 2 aromatic rings. The Bertz CT molecular complexity index is 728. The average molecular weight is 443 g/mol. The van der Waals surface area contributed by atoms with Crippen molar-refractivity contribution in [2.45, 2.75) is 31.2 Å². The Balaban J connectivity index is 0.00000208. The molecule has 1 aliphatic carbocycles. The van der Waals surface area contributed by atoms with E-state index in [1.807, 2.05) is 18.2 Å². The van der Waals surface area contributed by atoms with E-state index in [-0.39, 0.29) is 47.1 Å². The van der Waals surface area contributed by atoms with Crippen LogP contribution in [0.2, 0.25) is 0 Å². The van der Waals surface area contributed by atoms with Crippen LogP contribution < -0.4 is 11.1 Å². The van der Waals surface area contributed by atoms with Gasteiger partial charge in [0.15, 0.2) is 5.96 Å². The number of benzene rings is 2. The lowest BCUT2D eigenvalue weighted by molar-refractivity contribution is 0.229. The van der Waals surface area contributed by atoms with E-state index in [0.29, 0.717) is 0 Å². The molecule has 0 amide bonds. The lowest BCUT2D eigenvalue weighted by Crippen LogP contribution is -2.42. The summed E-state index contributed by atoms with van der Waals surface area (Å²) in [4.78, 5) is 4.36. The molecule has 3 N–H and O–H groups in total. The van der Waals surface area contributed by atoms with Crippen molar-refractivity contribution in [1.29, 1.82) is 0 Å². The second-order valence-corrected chi connectivity index (χ2v) is 6.25. The lowest BCUT2D eigenvalue weighted by Gasteiger charge is -2.44. The van der Waals surface area contributed by atoms with Gasteiger partial charge in [-0.1, -0.05) is 37.3 Å². The van der Waals surface area contributed by atoms with Gasteiger partial charge in [0.25, 0.3) is 0 Å². The van der Waals surface area contributed by atoms with Gasteiger partial charge in [0.1, 0.15) is 11.6 Å². The first-order valence-corrected chi connectivity index (χ1v) is 7.57. The van der Waals surface area contributed by atoms with E-state index in [1.165, 1.54) is 5.56 Å². The number of anilines is 1. The van der Waals surface area contributed by atoms with Crippen molar-refractivity contribution in [2.24, 2.45) is 10.7 Å².